The molecule has 0 saturated carbocycles. The summed E-state index contributed by atoms with van der Waals surface area (Å²) in [6.07, 6.45) is 3.97. The maximum absolute atomic E-state index is 13.1. The number of pyridine rings is 2. The van der Waals surface area contributed by atoms with Crippen LogP contribution in [0.25, 0.3) is 33.7 Å². The number of aromatic hydroxyl groups is 1. The summed E-state index contributed by atoms with van der Waals surface area (Å²) in [6, 6.07) is 17.7. The van der Waals surface area contributed by atoms with Gasteiger partial charge in [0.15, 0.2) is 11.4 Å². The second kappa shape index (κ2) is 8.39. The average molecular weight is 444 g/mol. The van der Waals surface area contributed by atoms with E-state index in [0.29, 0.717) is 23.5 Å². The number of aromatic nitrogens is 4. The lowest BCUT2D eigenvalue weighted by atomic mass is 10.1. The molecule has 0 radical (unpaired) electrons. The highest BCUT2D eigenvalue weighted by Crippen LogP contribution is 2.38. The van der Waals surface area contributed by atoms with Crippen LogP contribution in [0.5, 0.6) is 5.75 Å². The molecule has 32 heavy (non-hydrogen) atoms. The van der Waals surface area contributed by atoms with Gasteiger partial charge in [-0.05, 0) is 48.2 Å². The van der Waals surface area contributed by atoms with E-state index < -0.39 is 0 Å². The molecule has 0 amide bonds. The molecule has 0 fully saturated rings. The standard InChI is InChI=1S/C24H17FN4O2S/c1-32-17-10-6-15(7-11-17)20-18-3-2-12-26-21(18)23(30)22(27-20)24-29-28-19(31-24)13-14-4-8-16(25)9-5-14/h2-12,30H,13H2,1H3. The van der Waals surface area contributed by atoms with Gasteiger partial charge in [-0.3, -0.25) is 4.98 Å². The first kappa shape index (κ1) is 20.1. The van der Waals surface area contributed by atoms with Crippen molar-refractivity contribution in [2.75, 3.05) is 6.26 Å². The molecule has 3 heterocycles. The van der Waals surface area contributed by atoms with Crippen LogP contribution in [0.3, 0.4) is 0 Å². The third-order valence-electron chi connectivity index (χ3n) is 5.04. The minimum atomic E-state index is -0.309. The fourth-order valence-electron chi connectivity index (χ4n) is 3.44. The van der Waals surface area contributed by atoms with Crippen molar-refractivity contribution in [3.63, 3.8) is 0 Å². The predicted octanol–water partition coefficient (Wildman–Crippen LogP) is 5.50. The first-order valence-electron chi connectivity index (χ1n) is 9.81. The van der Waals surface area contributed by atoms with Crippen molar-refractivity contribution < 1.29 is 13.9 Å². The van der Waals surface area contributed by atoms with Gasteiger partial charge in [-0.1, -0.05) is 24.3 Å². The summed E-state index contributed by atoms with van der Waals surface area (Å²) in [4.78, 5) is 10.2. The van der Waals surface area contributed by atoms with E-state index in [9.17, 15) is 9.50 Å². The van der Waals surface area contributed by atoms with Gasteiger partial charge in [0.25, 0.3) is 5.89 Å². The molecule has 0 bridgehead atoms. The molecule has 0 aliphatic heterocycles. The van der Waals surface area contributed by atoms with Gasteiger partial charge >= 0.3 is 0 Å². The van der Waals surface area contributed by atoms with Gasteiger partial charge in [-0.15, -0.1) is 22.0 Å². The van der Waals surface area contributed by atoms with Crippen LogP contribution < -0.4 is 0 Å². The molecule has 3 aromatic heterocycles. The van der Waals surface area contributed by atoms with Gasteiger partial charge < -0.3 is 9.52 Å². The molecule has 5 aromatic rings. The van der Waals surface area contributed by atoms with Crippen LogP contribution in [0.15, 0.2) is 76.2 Å². The lowest BCUT2D eigenvalue weighted by Crippen LogP contribution is -1.94. The van der Waals surface area contributed by atoms with E-state index in [1.807, 2.05) is 36.6 Å². The largest absolute Gasteiger partial charge is 0.504 e. The van der Waals surface area contributed by atoms with E-state index >= 15 is 0 Å². The lowest BCUT2D eigenvalue weighted by molar-refractivity contribution is 0.471. The molecule has 1 N–H and O–H groups in total. The number of rotatable bonds is 5. The molecule has 158 valence electrons. The van der Waals surface area contributed by atoms with Gasteiger partial charge in [-0.25, -0.2) is 9.37 Å². The van der Waals surface area contributed by atoms with Crippen molar-refractivity contribution >= 4 is 22.7 Å². The van der Waals surface area contributed by atoms with E-state index in [1.165, 1.54) is 12.1 Å². The Kier molecular flexibility index (Phi) is 5.28. The van der Waals surface area contributed by atoms with E-state index in [2.05, 4.69) is 20.2 Å². The van der Waals surface area contributed by atoms with Crippen LogP contribution in [0, 0.1) is 5.82 Å². The normalized spacial score (nSPS) is 11.2. The van der Waals surface area contributed by atoms with Crippen LogP contribution in [0.1, 0.15) is 11.5 Å². The first-order valence-corrected chi connectivity index (χ1v) is 11.0. The average Bonchev–Trinajstić information content (AvgIpc) is 3.29. The second-order valence-corrected chi connectivity index (χ2v) is 7.97. The number of fused-ring (bicyclic) bond motifs is 1. The minimum absolute atomic E-state index is 0.0918. The maximum Gasteiger partial charge on any atom is 0.270 e. The van der Waals surface area contributed by atoms with Crippen LogP contribution in [-0.4, -0.2) is 31.5 Å². The molecule has 8 heteroatoms. The Hall–Kier alpha value is -3.78. The Balaban J connectivity index is 1.59. The fourth-order valence-corrected chi connectivity index (χ4v) is 3.85. The molecule has 0 atom stereocenters. The molecule has 2 aromatic carbocycles. The van der Waals surface area contributed by atoms with Crippen LogP contribution in [0.4, 0.5) is 4.39 Å². The highest BCUT2D eigenvalue weighted by Gasteiger charge is 2.21. The monoisotopic (exact) mass is 444 g/mol. The molecule has 0 spiro atoms. The summed E-state index contributed by atoms with van der Waals surface area (Å²) >= 11 is 1.66. The Morgan fingerprint density at radius 2 is 1.75 bits per heavy atom. The number of nitrogens with zero attached hydrogens (tertiary/aromatic N) is 4. The molecule has 5 rings (SSSR count). The lowest BCUT2D eigenvalue weighted by Gasteiger charge is -2.10. The number of hydrogen-bond acceptors (Lipinski definition) is 7. The molecular weight excluding hydrogens is 427 g/mol. The van der Waals surface area contributed by atoms with Crippen LogP contribution in [-0.2, 0) is 6.42 Å². The van der Waals surface area contributed by atoms with Crippen molar-refractivity contribution in [1.29, 1.82) is 0 Å². The number of hydrogen-bond donors (Lipinski definition) is 1. The van der Waals surface area contributed by atoms with Gasteiger partial charge in [0.05, 0.1) is 12.1 Å². The first-order chi connectivity index (χ1) is 15.6. The summed E-state index contributed by atoms with van der Waals surface area (Å²) in [5.74, 6) is -0.00754. The quantitative estimate of drug-likeness (QED) is 0.358. The number of halogens is 1. The van der Waals surface area contributed by atoms with Gasteiger partial charge in [-0.2, -0.15) is 0 Å². The molecular formula is C24H17FN4O2S. The summed E-state index contributed by atoms with van der Waals surface area (Å²) in [5.41, 5.74) is 2.94. The highest BCUT2D eigenvalue weighted by atomic mass is 32.2. The van der Waals surface area contributed by atoms with Gasteiger partial charge in [0.1, 0.15) is 11.3 Å². The Morgan fingerprint density at radius 3 is 2.50 bits per heavy atom. The summed E-state index contributed by atoms with van der Waals surface area (Å²) in [6.45, 7) is 0. The smallest absolute Gasteiger partial charge is 0.270 e. The third kappa shape index (κ3) is 3.80. The molecule has 0 aliphatic carbocycles. The Bertz CT molecular complexity index is 1400. The maximum atomic E-state index is 13.1. The predicted molar refractivity (Wildman–Crippen MR) is 121 cm³/mol. The van der Waals surface area contributed by atoms with Crippen molar-refractivity contribution in [2.45, 2.75) is 11.3 Å². The zero-order valence-corrected chi connectivity index (χ0v) is 17.8. The van der Waals surface area contributed by atoms with Gasteiger partial charge in [0.2, 0.25) is 5.89 Å². The SMILES string of the molecule is CSc1ccc(-c2nc(-c3nnc(Cc4ccc(F)cc4)o3)c(O)c3ncccc23)cc1. The van der Waals surface area contributed by atoms with E-state index in [4.69, 9.17) is 4.42 Å². The summed E-state index contributed by atoms with van der Waals surface area (Å²) in [7, 11) is 0. The van der Waals surface area contributed by atoms with E-state index in [-0.39, 0.29) is 23.2 Å². The fraction of sp³-hybridized carbons (Fsp3) is 0.0833. The zero-order chi connectivity index (χ0) is 22.1. The summed E-state index contributed by atoms with van der Waals surface area (Å²) in [5, 5.41) is 19.8. The topological polar surface area (TPSA) is 84.9 Å². The van der Waals surface area contributed by atoms with Crippen molar-refractivity contribution in [3.8, 4) is 28.6 Å². The minimum Gasteiger partial charge on any atom is -0.504 e. The zero-order valence-electron chi connectivity index (χ0n) is 17.0. The third-order valence-corrected chi connectivity index (χ3v) is 5.78. The van der Waals surface area contributed by atoms with Crippen molar-refractivity contribution in [3.05, 3.63) is 84.1 Å². The Labute approximate surface area is 187 Å². The Morgan fingerprint density at radius 1 is 0.969 bits per heavy atom. The summed E-state index contributed by atoms with van der Waals surface area (Å²) < 4.78 is 18.9. The molecule has 0 unspecified atom stereocenters. The molecule has 0 saturated heterocycles. The van der Waals surface area contributed by atoms with Crippen LogP contribution >= 0.6 is 11.8 Å². The number of thioether (sulfide) groups is 1. The highest BCUT2D eigenvalue weighted by molar-refractivity contribution is 7.98. The second-order valence-electron chi connectivity index (χ2n) is 7.09. The number of benzene rings is 2. The van der Waals surface area contributed by atoms with Crippen LogP contribution in [0.2, 0.25) is 0 Å². The molecule has 6 nitrogen and oxygen atoms in total. The van der Waals surface area contributed by atoms with E-state index in [1.54, 1.807) is 36.2 Å². The van der Waals surface area contributed by atoms with Crippen molar-refractivity contribution in [1.82, 2.24) is 20.2 Å². The van der Waals surface area contributed by atoms with E-state index in [0.717, 1.165) is 21.4 Å². The molecule has 0 aliphatic rings. The van der Waals surface area contributed by atoms with Gasteiger partial charge in [0, 0.05) is 22.0 Å². The van der Waals surface area contributed by atoms with Crippen molar-refractivity contribution in [2.24, 2.45) is 0 Å².